The van der Waals surface area contributed by atoms with E-state index in [-0.39, 0.29) is 11.3 Å². The van der Waals surface area contributed by atoms with Crippen LogP contribution in [0.2, 0.25) is 0 Å². The highest BCUT2D eigenvalue weighted by Crippen LogP contribution is 2.15. The van der Waals surface area contributed by atoms with Gasteiger partial charge < -0.3 is 0 Å². The molecule has 0 aromatic heterocycles. The molecule has 0 heterocycles. The van der Waals surface area contributed by atoms with Crippen LogP contribution in [0.5, 0.6) is 0 Å². The molecule has 8 heteroatoms. The molecule has 0 fully saturated rings. The van der Waals surface area contributed by atoms with Gasteiger partial charge >= 0.3 is 0 Å². The minimum atomic E-state index is -3.79. The lowest BCUT2D eigenvalue weighted by Gasteiger charge is -2.14. The molecule has 0 radical (unpaired) electrons. The van der Waals surface area contributed by atoms with Gasteiger partial charge in [0.1, 0.15) is 6.04 Å². The van der Waals surface area contributed by atoms with E-state index in [1.807, 2.05) is 0 Å². The lowest BCUT2D eigenvalue weighted by molar-refractivity contribution is -0.131. The summed E-state index contributed by atoms with van der Waals surface area (Å²) in [5.41, 5.74) is 1.43. The van der Waals surface area contributed by atoms with Crippen molar-refractivity contribution in [3.05, 3.63) is 28.7 Å². The Bertz CT molecular complexity index is 515. The SMILES string of the molecule is CCC(NS(=O)(=O)c1ccc(Br)cc1)C(=O)NO. The lowest BCUT2D eigenvalue weighted by Crippen LogP contribution is -2.45. The fourth-order valence-electron chi connectivity index (χ4n) is 1.27. The van der Waals surface area contributed by atoms with Crippen LogP contribution in [0.15, 0.2) is 33.6 Å². The molecule has 1 unspecified atom stereocenters. The lowest BCUT2D eigenvalue weighted by atomic mass is 10.2. The number of hydrogen-bond acceptors (Lipinski definition) is 4. The van der Waals surface area contributed by atoms with E-state index < -0.39 is 22.0 Å². The summed E-state index contributed by atoms with van der Waals surface area (Å²) in [6.07, 6.45) is 0.224. The van der Waals surface area contributed by atoms with Crippen LogP contribution >= 0.6 is 15.9 Å². The van der Waals surface area contributed by atoms with Gasteiger partial charge in [0.15, 0.2) is 0 Å². The fraction of sp³-hybridized carbons (Fsp3) is 0.300. The summed E-state index contributed by atoms with van der Waals surface area (Å²) in [7, 11) is -3.79. The second kappa shape index (κ2) is 6.28. The Kier molecular flexibility index (Phi) is 5.27. The Morgan fingerprint density at radius 2 is 1.94 bits per heavy atom. The van der Waals surface area contributed by atoms with Crippen molar-refractivity contribution in [2.45, 2.75) is 24.3 Å². The van der Waals surface area contributed by atoms with Gasteiger partial charge in [0.25, 0.3) is 5.91 Å². The van der Waals surface area contributed by atoms with E-state index in [9.17, 15) is 13.2 Å². The summed E-state index contributed by atoms with van der Waals surface area (Å²) >= 11 is 3.20. The van der Waals surface area contributed by atoms with Gasteiger partial charge in [-0.15, -0.1) is 0 Å². The monoisotopic (exact) mass is 336 g/mol. The number of hydroxylamine groups is 1. The van der Waals surface area contributed by atoms with Crippen LogP contribution in [0, 0.1) is 0 Å². The minimum absolute atomic E-state index is 0.0508. The highest BCUT2D eigenvalue weighted by molar-refractivity contribution is 9.10. The van der Waals surface area contributed by atoms with Crippen molar-refractivity contribution in [3.63, 3.8) is 0 Å². The van der Waals surface area contributed by atoms with Gasteiger partial charge in [-0.2, -0.15) is 4.72 Å². The summed E-state index contributed by atoms with van der Waals surface area (Å²) in [5.74, 6) is -0.793. The molecular formula is C10H13BrN2O4S. The van der Waals surface area contributed by atoms with Gasteiger partial charge in [0.05, 0.1) is 4.90 Å². The molecule has 0 bridgehead atoms. The van der Waals surface area contributed by atoms with Crippen LogP contribution in [0.3, 0.4) is 0 Å². The standard InChI is InChI=1S/C10H13BrN2O4S/c1-2-9(10(14)12-15)13-18(16,17)8-5-3-7(11)4-6-8/h3-6,9,13,15H,2H2,1H3,(H,12,14). The Hall–Kier alpha value is -0.960. The third kappa shape index (κ3) is 3.77. The molecule has 1 atom stereocenters. The normalized spacial score (nSPS) is 13.1. The molecule has 0 aliphatic heterocycles. The quantitative estimate of drug-likeness (QED) is 0.552. The molecule has 0 spiro atoms. The van der Waals surface area contributed by atoms with E-state index in [0.29, 0.717) is 0 Å². The topological polar surface area (TPSA) is 95.5 Å². The molecule has 1 aromatic rings. The van der Waals surface area contributed by atoms with E-state index in [2.05, 4.69) is 20.7 Å². The molecule has 100 valence electrons. The summed E-state index contributed by atoms with van der Waals surface area (Å²) in [4.78, 5) is 11.3. The Balaban J connectivity index is 2.94. The number of hydrogen-bond donors (Lipinski definition) is 3. The summed E-state index contributed by atoms with van der Waals surface area (Å²) in [5, 5.41) is 8.50. The smallest absolute Gasteiger partial charge is 0.261 e. The molecule has 0 aliphatic rings. The zero-order valence-electron chi connectivity index (χ0n) is 9.55. The third-order valence-electron chi connectivity index (χ3n) is 2.26. The maximum atomic E-state index is 11.9. The minimum Gasteiger partial charge on any atom is -0.289 e. The molecule has 1 aromatic carbocycles. The van der Waals surface area contributed by atoms with Gasteiger partial charge in [-0.25, -0.2) is 13.9 Å². The van der Waals surface area contributed by atoms with Crippen molar-refractivity contribution in [2.24, 2.45) is 0 Å². The van der Waals surface area contributed by atoms with Crippen molar-refractivity contribution in [1.29, 1.82) is 0 Å². The maximum absolute atomic E-state index is 11.9. The van der Waals surface area contributed by atoms with E-state index >= 15 is 0 Å². The van der Waals surface area contributed by atoms with Gasteiger partial charge in [-0.1, -0.05) is 22.9 Å². The summed E-state index contributed by atoms with van der Waals surface area (Å²) in [6.45, 7) is 1.63. The highest BCUT2D eigenvalue weighted by atomic mass is 79.9. The number of benzene rings is 1. The van der Waals surface area contributed by atoms with Gasteiger partial charge in [0, 0.05) is 4.47 Å². The predicted molar refractivity (Wildman–Crippen MR) is 68.5 cm³/mol. The van der Waals surface area contributed by atoms with Crippen molar-refractivity contribution in [3.8, 4) is 0 Å². The number of sulfonamides is 1. The molecular weight excluding hydrogens is 324 g/mol. The average Bonchev–Trinajstić information content (AvgIpc) is 2.35. The number of halogens is 1. The molecule has 18 heavy (non-hydrogen) atoms. The summed E-state index contributed by atoms with van der Waals surface area (Å²) in [6, 6.07) is 4.98. The first kappa shape index (κ1) is 15.1. The zero-order valence-corrected chi connectivity index (χ0v) is 12.0. The van der Waals surface area contributed by atoms with E-state index in [1.165, 1.54) is 17.6 Å². The third-order valence-corrected chi connectivity index (χ3v) is 4.27. The number of amides is 1. The molecule has 6 nitrogen and oxygen atoms in total. The van der Waals surface area contributed by atoms with Crippen LogP contribution < -0.4 is 10.2 Å². The van der Waals surface area contributed by atoms with Crippen LogP contribution in [-0.4, -0.2) is 25.6 Å². The number of carbonyl (C=O) groups excluding carboxylic acids is 1. The fourth-order valence-corrected chi connectivity index (χ4v) is 2.81. The van der Waals surface area contributed by atoms with Crippen LogP contribution in [-0.2, 0) is 14.8 Å². The molecule has 0 saturated carbocycles. The molecule has 1 rings (SSSR count). The largest absolute Gasteiger partial charge is 0.289 e. The second-order valence-electron chi connectivity index (χ2n) is 3.51. The Labute approximate surface area is 114 Å². The zero-order chi connectivity index (χ0) is 13.8. The molecule has 0 aliphatic carbocycles. The van der Waals surface area contributed by atoms with Crippen molar-refractivity contribution < 1.29 is 18.4 Å². The number of carbonyl (C=O) groups is 1. The van der Waals surface area contributed by atoms with Gasteiger partial charge in [-0.05, 0) is 30.7 Å². The predicted octanol–water partition coefficient (Wildman–Crippen LogP) is 1.01. The Morgan fingerprint density at radius 1 is 1.39 bits per heavy atom. The van der Waals surface area contributed by atoms with E-state index in [1.54, 1.807) is 19.1 Å². The number of nitrogens with one attached hydrogen (secondary N) is 2. The highest BCUT2D eigenvalue weighted by Gasteiger charge is 2.23. The van der Waals surface area contributed by atoms with Crippen LogP contribution in [0.1, 0.15) is 13.3 Å². The average molecular weight is 337 g/mol. The molecule has 1 amide bonds. The first-order valence-electron chi connectivity index (χ1n) is 5.12. The number of rotatable bonds is 5. The van der Waals surface area contributed by atoms with E-state index in [4.69, 9.17) is 5.21 Å². The first-order chi connectivity index (χ1) is 8.40. The van der Waals surface area contributed by atoms with Gasteiger partial charge in [0.2, 0.25) is 10.0 Å². The van der Waals surface area contributed by atoms with Gasteiger partial charge in [-0.3, -0.25) is 10.0 Å². The maximum Gasteiger partial charge on any atom is 0.261 e. The van der Waals surface area contributed by atoms with Crippen LogP contribution in [0.25, 0.3) is 0 Å². The van der Waals surface area contributed by atoms with E-state index in [0.717, 1.165) is 4.47 Å². The molecule has 3 N–H and O–H groups in total. The summed E-state index contributed by atoms with van der Waals surface area (Å²) < 4.78 is 26.9. The second-order valence-corrected chi connectivity index (χ2v) is 6.14. The Morgan fingerprint density at radius 3 is 2.39 bits per heavy atom. The van der Waals surface area contributed by atoms with Crippen LogP contribution in [0.4, 0.5) is 0 Å². The van der Waals surface area contributed by atoms with Crippen molar-refractivity contribution in [1.82, 2.24) is 10.2 Å². The van der Waals surface area contributed by atoms with Crippen molar-refractivity contribution in [2.75, 3.05) is 0 Å². The molecule has 0 saturated heterocycles. The van der Waals surface area contributed by atoms with Crippen molar-refractivity contribution >= 4 is 31.9 Å². The first-order valence-corrected chi connectivity index (χ1v) is 7.40.